The topological polar surface area (TPSA) is 96.4 Å². The number of pyridine rings is 1. The Labute approximate surface area is 164 Å². The van der Waals surface area contributed by atoms with Crippen LogP contribution in [0.25, 0.3) is 22.4 Å². The lowest BCUT2D eigenvalue weighted by Gasteiger charge is -2.34. The number of aromatic amines is 1. The maximum Gasteiger partial charge on any atom is 0.167 e. The number of anilines is 1. The Balaban J connectivity index is 1.90. The first-order valence-corrected chi connectivity index (χ1v) is 11.4. The largest absolute Gasteiger partial charge is 0.377 e. The van der Waals surface area contributed by atoms with Crippen LogP contribution in [-0.2, 0) is 14.5 Å². The van der Waals surface area contributed by atoms with E-state index in [9.17, 15) is 4.21 Å². The molecule has 0 amide bonds. The summed E-state index contributed by atoms with van der Waals surface area (Å²) in [5, 5.41) is 0.938. The second-order valence-electron chi connectivity index (χ2n) is 6.96. The first-order valence-electron chi connectivity index (χ1n) is 9.32. The molecule has 4 rings (SSSR count). The van der Waals surface area contributed by atoms with E-state index in [2.05, 4.69) is 31.1 Å². The number of nitrogens with one attached hydrogen (secondary N) is 1. The standard InChI is InChI=1S/C19H24N6O2S/c1-4-28(3,26)24-16-11-17(25-9-10-27-12-13(25)2)23-19(22-16)15-6-8-21-18-14(15)5-7-20-18/h5-8,11,13H,4,9-10,12H2,1-3H3,(H,20,21)/t13-,28+/m1/s1. The van der Waals surface area contributed by atoms with Gasteiger partial charge in [0.1, 0.15) is 11.5 Å². The van der Waals surface area contributed by atoms with Crippen molar-refractivity contribution < 1.29 is 8.95 Å². The fourth-order valence-electron chi connectivity index (χ4n) is 3.22. The monoisotopic (exact) mass is 400 g/mol. The van der Waals surface area contributed by atoms with Crippen molar-refractivity contribution in [3.8, 4) is 11.4 Å². The van der Waals surface area contributed by atoms with Crippen molar-refractivity contribution in [3.63, 3.8) is 0 Å². The van der Waals surface area contributed by atoms with Gasteiger partial charge in [0.25, 0.3) is 0 Å². The van der Waals surface area contributed by atoms with Gasteiger partial charge in [-0.05, 0) is 19.1 Å². The molecule has 0 aliphatic carbocycles. The number of hydrogen-bond donors (Lipinski definition) is 1. The first kappa shape index (κ1) is 18.8. The molecule has 0 spiro atoms. The zero-order valence-corrected chi connectivity index (χ0v) is 17.1. The smallest absolute Gasteiger partial charge is 0.167 e. The molecule has 9 heteroatoms. The van der Waals surface area contributed by atoms with Gasteiger partial charge in [-0.1, -0.05) is 6.92 Å². The molecular formula is C19H24N6O2S. The number of morpholine rings is 1. The average Bonchev–Trinajstić information content (AvgIpc) is 3.16. The molecule has 0 bridgehead atoms. The van der Waals surface area contributed by atoms with Gasteiger partial charge in [-0.25, -0.2) is 19.2 Å². The minimum atomic E-state index is -2.34. The summed E-state index contributed by atoms with van der Waals surface area (Å²) in [6.45, 7) is 5.99. The maximum atomic E-state index is 12.6. The summed E-state index contributed by atoms with van der Waals surface area (Å²) < 4.78 is 22.6. The van der Waals surface area contributed by atoms with Crippen molar-refractivity contribution in [1.29, 1.82) is 0 Å². The van der Waals surface area contributed by atoms with E-state index in [1.807, 2.05) is 31.3 Å². The maximum absolute atomic E-state index is 12.6. The number of hydrogen-bond acceptors (Lipinski definition) is 7. The molecule has 4 heterocycles. The van der Waals surface area contributed by atoms with Crippen molar-refractivity contribution in [3.05, 3.63) is 30.6 Å². The highest BCUT2D eigenvalue weighted by molar-refractivity contribution is 7.93. The molecule has 1 aliphatic rings. The number of aromatic nitrogens is 4. The van der Waals surface area contributed by atoms with E-state index >= 15 is 0 Å². The lowest BCUT2D eigenvalue weighted by atomic mass is 10.1. The summed E-state index contributed by atoms with van der Waals surface area (Å²) in [7, 11) is -2.34. The second kappa shape index (κ2) is 7.48. The molecule has 0 radical (unpaired) electrons. The van der Waals surface area contributed by atoms with Gasteiger partial charge in [-0.15, -0.1) is 0 Å². The highest BCUT2D eigenvalue weighted by atomic mass is 32.2. The third-order valence-electron chi connectivity index (χ3n) is 4.88. The van der Waals surface area contributed by atoms with Crippen LogP contribution in [0.1, 0.15) is 13.8 Å². The normalized spacial score (nSPS) is 19.5. The zero-order valence-electron chi connectivity index (χ0n) is 16.3. The van der Waals surface area contributed by atoms with E-state index in [1.54, 1.807) is 12.5 Å². The Kier molecular flexibility index (Phi) is 5.03. The van der Waals surface area contributed by atoms with E-state index in [0.717, 1.165) is 29.0 Å². The van der Waals surface area contributed by atoms with Gasteiger partial charge in [0.15, 0.2) is 11.6 Å². The molecule has 8 nitrogen and oxygen atoms in total. The summed E-state index contributed by atoms with van der Waals surface area (Å²) in [5.74, 6) is 2.22. The highest BCUT2D eigenvalue weighted by Gasteiger charge is 2.22. The van der Waals surface area contributed by atoms with Crippen molar-refractivity contribution >= 4 is 32.4 Å². The van der Waals surface area contributed by atoms with Crippen LogP contribution in [0.3, 0.4) is 0 Å². The Morgan fingerprint density at radius 2 is 2.25 bits per heavy atom. The van der Waals surface area contributed by atoms with Crippen molar-refractivity contribution in [2.45, 2.75) is 19.9 Å². The van der Waals surface area contributed by atoms with Crippen LogP contribution in [0, 0.1) is 0 Å². The molecule has 1 saturated heterocycles. The average molecular weight is 401 g/mol. The van der Waals surface area contributed by atoms with Gasteiger partial charge in [-0.2, -0.15) is 4.36 Å². The van der Waals surface area contributed by atoms with Crippen LogP contribution in [0.4, 0.5) is 11.6 Å². The molecule has 0 saturated carbocycles. The SMILES string of the molecule is CC[S@](C)(=O)=Nc1cc(N2CCOC[C@H]2C)nc(-c2ccnc3[nH]ccc23)n1. The van der Waals surface area contributed by atoms with E-state index in [0.29, 0.717) is 30.6 Å². The Hall–Kier alpha value is -2.52. The van der Waals surface area contributed by atoms with Crippen LogP contribution in [0.2, 0.25) is 0 Å². The van der Waals surface area contributed by atoms with Crippen LogP contribution in [0.5, 0.6) is 0 Å². The van der Waals surface area contributed by atoms with Gasteiger partial charge < -0.3 is 14.6 Å². The van der Waals surface area contributed by atoms with E-state index < -0.39 is 9.73 Å². The molecule has 3 aromatic heterocycles. The molecule has 0 aromatic carbocycles. The van der Waals surface area contributed by atoms with Crippen molar-refractivity contribution in [1.82, 2.24) is 19.9 Å². The van der Waals surface area contributed by atoms with Crippen LogP contribution >= 0.6 is 0 Å². The number of nitrogens with zero attached hydrogens (tertiary/aromatic N) is 5. The Morgan fingerprint density at radius 1 is 1.39 bits per heavy atom. The minimum absolute atomic E-state index is 0.186. The highest BCUT2D eigenvalue weighted by Crippen LogP contribution is 2.30. The second-order valence-corrected chi connectivity index (χ2v) is 9.64. The van der Waals surface area contributed by atoms with Gasteiger partial charge in [-0.3, -0.25) is 0 Å². The molecular weight excluding hydrogens is 376 g/mol. The van der Waals surface area contributed by atoms with Gasteiger partial charge in [0.05, 0.1) is 29.0 Å². The van der Waals surface area contributed by atoms with Crippen LogP contribution in [-0.4, -0.2) is 62.0 Å². The first-order chi connectivity index (χ1) is 13.5. The molecule has 0 unspecified atom stereocenters. The predicted molar refractivity (Wildman–Crippen MR) is 111 cm³/mol. The molecule has 148 valence electrons. The quantitative estimate of drug-likeness (QED) is 0.723. The van der Waals surface area contributed by atoms with Crippen LogP contribution in [0.15, 0.2) is 35.0 Å². The summed E-state index contributed by atoms with van der Waals surface area (Å²) in [6, 6.07) is 5.85. The Bertz CT molecular complexity index is 1120. The zero-order chi connectivity index (χ0) is 19.7. The minimum Gasteiger partial charge on any atom is -0.377 e. The van der Waals surface area contributed by atoms with Crippen LogP contribution < -0.4 is 4.90 Å². The van der Waals surface area contributed by atoms with E-state index in [4.69, 9.17) is 9.72 Å². The molecule has 1 fully saturated rings. The third-order valence-corrected chi connectivity index (χ3v) is 6.53. The summed E-state index contributed by atoms with van der Waals surface area (Å²) in [5.41, 5.74) is 1.64. The molecule has 28 heavy (non-hydrogen) atoms. The summed E-state index contributed by atoms with van der Waals surface area (Å²) in [4.78, 5) is 19.1. The lowest BCUT2D eigenvalue weighted by molar-refractivity contribution is 0.0985. The Morgan fingerprint density at radius 3 is 3.04 bits per heavy atom. The fourth-order valence-corrected chi connectivity index (χ4v) is 3.84. The van der Waals surface area contributed by atoms with Gasteiger partial charge >= 0.3 is 0 Å². The number of H-pyrrole nitrogens is 1. The number of ether oxygens (including phenoxy) is 1. The van der Waals surface area contributed by atoms with E-state index in [-0.39, 0.29) is 6.04 Å². The van der Waals surface area contributed by atoms with Crippen molar-refractivity contribution in [2.24, 2.45) is 4.36 Å². The van der Waals surface area contributed by atoms with Gasteiger partial charge in [0, 0.05) is 48.0 Å². The molecule has 3 aromatic rings. The predicted octanol–water partition coefficient (Wildman–Crippen LogP) is 2.99. The molecule has 1 aliphatic heterocycles. The van der Waals surface area contributed by atoms with Crippen molar-refractivity contribution in [2.75, 3.05) is 36.7 Å². The summed E-state index contributed by atoms with van der Waals surface area (Å²) >= 11 is 0. The lowest BCUT2D eigenvalue weighted by Crippen LogP contribution is -2.44. The third kappa shape index (κ3) is 3.72. The number of rotatable bonds is 4. The summed E-state index contributed by atoms with van der Waals surface area (Å²) in [6.07, 6.45) is 5.23. The molecule has 1 N–H and O–H groups in total. The van der Waals surface area contributed by atoms with E-state index in [1.165, 1.54) is 0 Å². The fraction of sp³-hybridized carbons (Fsp3) is 0.421. The number of fused-ring (bicyclic) bond motifs is 1. The van der Waals surface area contributed by atoms with Gasteiger partial charge in [0.2, 0.25) is 0 Å². The molecule has 2 atom stereocenters.